The fourth-order valence-corrected chi connectivity index (χ4v) is 28.8. The molecule has 28 heteroatoms. The molecule has 0 aromatic carbocycles. The third-order valence-electron chi connectivity index (χ3n) is 18.3. The van der Waals surface area contributed by atoms with E-state index in [1.807, 2.05) is 91.4 Å². The zero-order valence-corrected chi connectivity index (χ0v) is 78.2. The van der Waals surface area contributed by atoms with Gasteiger partial charge in [0.25, 0.3) is 0 Å². The molecule has 0 radical (unpaired) electrons. The van der Waals surface area contributed by atoms with Crippen molar-refractivity contribution in [1.29, 1.82) is 0 Å². The van der Waals surface area contributed by atoms with E-state index < -0.39 is 18.4 Å². The Balaban J connectivity index is 0.000000196. The molecule has 10 aromatic rings. The molecule has 0 spiro atoms. The number of nitrogens with zero attached hydrogens (tertiary/aromatic N) is 18. The maximum absolute atomic E-state index is 12.1. The van der Waals surface area contributed by atoms with Gasteiger partial charge in [-0.2, -0.15) is 10.2 Å². The summed E-state index contributed by atoms with van der Waals surface area (Å²) in [4.78, 5) is 107. The van der Waals surface area contributed by atoms with Gasteiger partial charge in [-0.3, -0.25) is 58.5 Å². The predicted molar refractivity (Wildman–Crippen MR) is 487 cm³/mol. The van der Waals surface area contributed by atoms with Crippen molar-refractivity contribution in [2.45, 2.75) is 206 Å². The summed E-state index contributed by atoms with van der Waals surface area (Å²) in [7, 11) is 0. The third-order valence-corrected chi connectivity index (χ3v) is 35.5. The van der Waals surface area contributed by atoms with Crippen LogP contribution in [0.1, 0.15) is 187 Å². The molecule has 0 bridgehead atoms. The number of pyridine rings is 4. The summed E-state index contributed by atoms with van der Waals surface area (Å²) in [6.45, 7) is 48.5. The van der Waals surface area contributed by atoms with Crippen molar-refractivity contribution in [3.8, 4) is 45.0 Å². The number of aliphatic imine (C=N–C) groups is 2. The minimum Gasteiger partial charge on any atom is -0.459 e. The molecule has 0 unspecified atom stereocenters. The Kier molecular flexibility index (Phi) is 37.4. The van der Waals surface area contributed by atoms with Crippen molar-refractivity contribution in [3.05, 3.63) is 213 Å². The largest absolute Gasteiger partial charge is 0.459 e. The SMILES string of the molecule is C=CCc1nc(-c2cnc(C)nc2)cc2c(C(C)=O)nn(CC(C)=O)c12.C=CCc1nc(-c2cnc(C)nc2)cc2c(I)nn(CC(C)=O)c12.C=CCc1nc(-c2cnc(C)nc2)cc2c1CN=C2.C=CCc1nc(-c2cnc(C)nc2)cc2c1CN=C2I.C=[C](OCC)[Sn]([CH2]CCC)([CH2]CCC)[CH2]CCC.CC(C)(C)OC(=O)CBr. The maximum Gasteiger partial charge on any atom is 0.317 e. The van der Waals surface area contributed by atoms with E-state index in [0.717, 1.165) is 124 Å². The number of carbonyl (C=O) groups is 4. The van der Waals surface area contributed by atoms with E-state index in [1.54, 1.807) is 71.7 Å². The van der Waals surface area contributed by atoms with Crippen molar-refractivity contribution in [3.63, 3.8) is 0 Å². The fraction of sp³-hybridized carbons (Fsp3) is 0.386. The van der Waals surface area contributed by atoms with Gasteiger partial charge in [0.05, 0.1) is 82.8 Å². The Bertz CT molecular complexity index is 5150. The molecule has 0 saturated heterocycles. The number of aromatic nitrogens is 16. The van der Waals surface area contributed by atoms with Crippen LogP contribution in [0, 0.1) is 31.4 Å². The number of halogens is 3. The third kappa shape index (κ3) is 27.0. The Labute approximate surface area is 722 Å². The Morgan fingerprint density at radius 2 is 0.931 bits per heavy atom. The van der Waals surface area contributed by atoms with Gasteiger partial charge in [0.2, 0.25) is 0 Å². The number of aryl methyl sites for hydroxylation is 4. The standard InChI is InChI=1S/C19H19N5O2.C17H16IN5O.C15H13IN4.C15H14N4.C6H11BrO2.C4H7O.3C4H9.Sn/c1-5-6-16-19-15(18(12(3)26)23-24(19)10-11(2)25)7-17(22-16)14-8-20-13(4)21-9-14;1-4-5-14-16-13(17(18)22-23(16)9-10(2)24)6-15(21-14)12-7-19-11(3)20-8-12;1-3-4-13-12-8-19-15(16)11(12)5-14(20-13)10-6-17-9(2)18-7-10;1-3-4-14-13-9-16-6-11(13)5-15(19-14)12-7-17-10(2)18-8-12;1-6(2,3)9-5(8)4-7;1-3-5-4-2;3*1-3-4-2;/h5,7-9H,1,6,10H2,2-4H3;4,6-8H,1,5,9H2,2-3H3;3,5-7H,1,4,8H2,2H3;3,5-8H,1,4,9H2,2H3;4H2,1-3H3;1,4H2,2H3;3*1,3-4H2,2H3;. The molecule has 2 aliphatic heterocycles. The summed E-state index contributed by atoms with van der Waals surface area (Å²) in [6.07, 6.45) is 34.0. The van der Waals surface area contributed by atoms with E-state index in [1.165, 1.54) is 86.1 Å². The minimum absolute atomic E-state index is 0.0509. The summed E-state index contributed by atoms with van der Waals surface area (Å²) in [6, 6.07) is 7.90. The number of allylic oxidation sites excluding steroid dienone is 4. The second-order valence-corrected chi connectivity index (χ2v) is 44.7. The van der Waals surface area contributed by atoms with Gasteiger partial charge in [0.15, 0.2) is 17.3 Å². The number of fused-ring (bicyclic) bond motifs is 4. The molecule has 10 aromatic heterocycles. The summed E-state index contributed by atoms with van der Waals surface area (Å²) < 4.78 is 21.6. The van der Waals surface area contributed by atoms with Crippen LogP contribution in [-0.4, -0.2) is 149 Å². The average Bonchev–Trinajstić information content (AvgIpc) is 1.61. The first kappa shape index (κ1) is 94.1. The monoisotopic (exact) mass is 1960 g/mol. The molecule has 0 amide bonds. The summed E-state index contributed by atoms with van der Waals surface area (Å²) in [5.41, 5.74) is 16.6. The molecule has 2 aliphatic rings. The van der Waals surface area contributed by atoms with Gasteiger partial charge in [-0.1, -0.05) is 40.2 Å². The molecule has 0 aliphatic carbocycles. The van der Waals surface area contributed by atoms with E-state index in [4.69, 9.17) is 29.4 Å². The molecule has 116 heavy (non-hydrogen) atoms. The molecule has 610 valence electrons. The molecular formula is C88H107BrI2N18O6Sn. The zero-order valence-electron chi connectivity index (χ0n) is 69.4. The van der Waals surface area contributed by atoms with E-state index in [0.29, 0.717) is 53.2 Å². The number of alkyl halides is 1. The van der Waals surface area contributed by atoms with Crippen molar-refractivity contribution < 1.29 is 28.7 Å². The molecule has 0 N–H and O–H groups in total. The summed E-state index contributed by atoms with van der Waals surface area (Å²) in [5.74, 6) is 2.52. The Morgan fingerprint density at radius 3 is 1.32 bits per heavy atom. The molecule has 0 saturated carbocycles. The predicted octanol–water partition coefficient (Wildman–Crippen LogP) is 19.3. The van der Waals surface area contributed by atoms with E-state index in [-0.39, 0.29) is 47.3 Å². The van der Waals surface area contributed by atoms with Gasteiger partial charge in [-0.05, 0) is 132 Å². The molecular weight excluding hydrogens is 1860 g/mol. The van der Waals surface area contributed by atoms with Crippen molar-refractivity contribution in [2.24, 2.45) is 9.98 Å². The topological polar surface area (TPSA) is 302 Å². The number of esters is 1. The van der Waals surface area contributed by atoms with Crippen LogP contribution in [0.5, 0.6) is 0 Å². The number of ketones is 3. The van der Waals surface area contributed by atoms with E-state index in [2.05, 4.69) is 188 Å². The smallest absolute Gasteiger partial charge is 0.317 e. The van der Waals surface area contributed by atoms with Crippen LogP contribution in [0.15, 0.2) is 145 Å². The summed E-state index contributed by atoms with van der Waals surface area (Å²) in [5, 5.41) is 10.8. The second kappa shape index (κ2) is 46.2. The molecule has 0 fully saturated rings. The van der Waals surface area contributed by atoms with Gasteiger partial charge in [0.1, 0.15) is 47.3 Å². The van der Waals surface area contributed by atoms with Crippen LogP contribution in [0.3, 0.4) is 0 Å². The Morgan fingerprint density at radius 1 is 0.543 bits per heavy atom. The molecule has 0 atom stereocenters. The normalized spacial score (nSPS) is 11.6. The number of Topliss-reactive ketones (excluding diaryl/α,β-unsaturated/α-hetero) is 3. The van der Waals surface area contributed by atoms with Gasteiger partial charge in [-0.25, -0.2) is 39.9 Å². The summed E-state index contributed by atoms with van der Waals surface area (Å²) >= 11 is 5.21. The second-order valence-electron chi connectivity index (χ2n) is 28.9. The minimum atomic E-state index is -2.24. The van der Waals surface area contributed by atoms with Gasteiger partial charge in [0, 0.05) is 144 Å². The van der Waals surface area contributed by atoms with Crippen LogP contribution in [-0.2, 0) is 75.7 Å². The first-order chi connectivity index (χ1) is 55.5. The number of ether oxygens (including phenoxy) is 2. The number of unbranched alkanes of at least 4 members (excludes halogenated alkanes) is 3. The van der Waals surface area contributed by atoms with Crippen LogP contribution in [0.2, 0.25) is 13.3 Å². The maximum atomic E-state index is 12.1. The van der Waals surface area contributed by atoms with Crippen LogP contribution in [0.4, 0.5) is 0 Å². The number of carbonyl (C=O) groups excluding carboxylic acids is 4. The Hall–Kier alpha value is -9.08. The number of hydrogen-bond donors (Lipinski definition) is 0. The average molecular weight is 1970 g/mol. The van der Waals surface area contributed by atoms with Gasteiger partial charge in [-0.15, -0.1) is 26.3 Å². The van der Waals surface area contributed by atoms with Gasteiger partial charge < -0.3 is 4.74 Å². The number of rotatable bonds is 30. The van der Waals surface area contributed by atoms with Crippen molar-refractivity contribution in [1.82, 2.24) is 79.4 Å². The van der Waals surface area contributed by atoms with Crippen molar-refractivity contribution >= 4 is 135 Å². The molecule has 12 heterocycles. The zero-order chi connectivity index (χ0) is 84.8. The van der Waals surface area contributed by atoms with E-state index in [9.17, 15) is 19.2 Å². The molecule has 12 rings (SSSR count). The van der Waals surface area contributed by atoms with Crippen LogP contribution >= 0.6 is 61.1 Å². The quantitative estimate of drug-likeness (QED) is 0.00768. The number of hydrogen-bond acceptors (Lipinski definition) is 22. The van der Waals surface area contributed by atoms with Crippen LogP contribution < -0.4 is 0 Å². The van der Waals surface area contributed by atoms with E-state index >= 15 is 0 Å². The fourth-order valence-electron chi connectivity index (χ4n) is 12.7. The van der Waals surface area contributed by atoms with Crippen molar-refractivity contribution in [2.75, 3.05) is 11.9 Å². The molecule has 24 nitrogen and oxygen atoms in total. The first-order valence-electron chi connectivity index (χ1n) is 38.9. The van der Waals surface area contributed by atoms with Crippen LogP contribution in [0.25, 0.3) is 66.8 Å². The van der Waals surface area contributed by atoms with Gasteiger partial charge >= 0.3 is 126 Å². The first-order valence-corrected chi connectivity index (χ1v) is 49.7.